The number of pyridine rings is 1. The zero-order valence-electron chi connectivity index (χ0n) is 17.3. The smallest absolute Gasteiger partial charge is 0.407 e. The standard InChI is InChI=1S/C23H19Cl2N5O2/c1-30(2)23(31)32-21-16(10-9-14-6-4-11-26-19(14)21)20(29-22-27-12-5-13-28-22)15-7-3-8-17(24)18(15)25/h3-13,20H,1-2H3,(H,27,28,29). The molecule has 4 rings (SSSR count). The van der Waals surface area contributed by atoms with Crippen molar-refractivity contribution in [3.8, 4) is 5.75 Å². The Morgan fingerprint density at radius 2 is 1.69 bits per heavy atom. The van der Waals surface area contributed by atoms with Crippen LogP contribution in [0.15, 0.2) is 67.1 Å². The highest BCUT2D eigenvalue weighted by Gasteiger charge is 2.26. The molecule has 1 atom stereocenters. The van der Waals surface area contributed by atoms with Crippen LogP contribution >= 0.6 is 23.2 Å². The van der Waals surface area contributed by atoms with Gasteiger partial charge in [-0.2, -0.15) is 0 Å². The van der Waals surface area contributed by atoms with E-state index in [1.165, 1.54) is 4.90 Å². The number of ether oxygens (including phenoxy) is 1. The van der Waals surface area contributed by atoms with Crippen molar-refractivity contribution in [3.05, 3.63) is 88.3 Å². The average Bonchev–Trinajstić information content (AvgIpc) is 2.80. The first-order valence-electron chi connectivity index (χ1n) is 9.70. The van der Waals surface area contributed by atoms with Gasteiger partial charge >= 0.3 is 6.09 Å². The van der Waals surface area contributed by atoms with Crippen LogP contribution < -0.4 is 10.1 Å². The lowest BCUT2D eigenvalue weighted by molar-refractivity contribution is 0.172. The number of carbonyl (C=O) groups excluding carboxylic acids is 1. The van der Waals surface area contributed by atoms with E-state index in [0.717, 1.165) is 5.39 Å². The number of anilines is 1. The first kappa shape index (κ1) is 21.8. The molecule has 1 unspecified atom stereocenters. The highest BCUT2D eigenvalue weighted by atomic mass is 35.5. The van der Waals surface area contributed by atoms with Crippen LogP contribution in [0.5, 0.6) is 5.75 Å². The number of aromatic nitrogens is 3. The van der Waals surface area contributed by atoms with Gasteiger partial charge in [-0.1, -0.05) is 53.5 Å². The number of hydrogen-bond acceptors (Lipinski definition) is 6. The highest BCUT2D eigenvalue weighted by Crippen LogP contribution is 2.40. The maximum atomic E-state index is 12.5. The molecule has 0 saturated heterocycles. The number of hydrogen-bond donors (Lipinski definition) is 1. The Balaban J connectivity index is 1.94. The predicted molar refractivity (Wildman–Crippen MR) is 125 cm³/mol. The molecule has 2 heterocycles. The number of fused-ring (bicyclic) bond motifs is 1. The fraction of sp³-hybridized carbons (Fsp3) is 0.130. The third-order valence-electron chi connectivity index (χ3n) is 4.76. The number of benzene rings is 2. The molecule has 0 aliphatic carbocycles. The van der Waals surface area contributed by atoms with E-state index in [4.69, 9.17) is 27.9 Å². The minimum Gasteiger partial charge on any atom is -0.407 e. The molecule has 2 aromatic carbocycles. The van der Waals surface area contributed by atoms with Gasteiger partial charge in [-0.3, -0.25) is 4.98 Å². The molecule has 0 saturated carbocycles. The Kier molecular flexibility index (Phi) is 6.39. The molecule has 9 heteroatoms. The van der Waals surface area contributed by atoms with Gasteiger partial charge in [0, 0.05) is 43.6 Å². The molecule has 162 valence electrons. The zero-order valence-corrected chi connectivity index (χ0v) is 18.8. The van der Waals surface area contributed by atoms with E-state index in [0.29, 0.717) is 38.4 Å². The third kappa shape index (κ3) is 4.44. The summed E-state index contributed by atoms with van der Waals surface area (Å²) in [5.41, 5.74) is 1.84. The lowest BCUT2D eigenvalue weighted by atomic mass is 9.96. The lowest BCUT2D eigenvalue weighted by Crippen LogP contribution is -2.26. The topological polar surface area (TPSA) is 80.2 Å². The monoisotopic (exact) mass is 467 g/mol. The van der Waals surface area contributed by atoms with Gasteiger partial charge in [-0.05, 0) is 23.8 Å². The molecular weight excluding hydrogens is 449 g/mol. The van der Waals surface area contributed by atoms with Crippen molar-refractivity contribution in [1.29, 1.82) is 0 Å². The van der Waals surface area contributed by atoms with Gasteiger partial charge in [-0.25, -0.2) is 14.8 Å². The van der Waals surface area contributed by atoms with Crippen LogP contribution in [0.1, 0.15) is 17.2 Å². The van der Waals surface area contributed by atoms with Crippen molar-refractivity contribution in [1.82, 2.24) is 19.9 Å². The maximum Gasteiger partial charge on any atom is 0.414 e. The summed E-state index contributed by atoms with van der Waals surface area (Å²) in [5, 5.41) is 4.88. The fourth-order valence-electron chi connectivity index (χ4n) is 3.22. The molecule has 0 bridgehead atoms. The Hall–Kier alpha value is -3.42. The van der Waals surface area contributed by atoms with E-state index in [1.54, 1.807) is 50.9 Å². The van der Waals surface area contributed by atoms with Gasteiger partial charge in [0.15, 0.2) is 5.75 Å². The predicted octanol–water partition coefficient (Wildman–Crippen LogP) is 5.59. The van der Waals surface area contributed by atoms with Gasteiger partial charge in [0.2, 0.25) is 5.95 Å². The molecular formula is C23H19Cl2N5O2. The second-order valence-electron chi connectivity index (χ2n) is 7.11. The first-order valence-corrected chi connectivity index (χ1v) is 10.5. The van der Waals surface area contributed by atoms with E-state index in [1.807, 2.05) is 30.3 Å². The molecule has 1 N–H and O–H groups in total. The summed E-state index contributed by atoms with van der Waals surface area (Å²) in [6.07, 6.45) is 4.37. The van der Waals surface area contributed by atoms with E-state index in [-0.39, 0.29) is 0 Å². The van der Waals surface area contributed by atoms with Gasteiger partial charge in [0.1, 0.15) is 5.52 Å². The molecule has 1 amide bonds. The van der Waals surface area contributed by atoms with Crippen molar-refractivity contribution in [2.24, 2.45) is 0 Å². The summed E-state index contributed by atoms with van der Waals surface area (Å²) in [6, 6.07) is 14.0. The van der Waals surface area contributed by atoms with Crippen molar-refractivity contribution in [2.75, 3.05) is 19.4 Å². The molecule has 0 aliphatic heterocycles. The largest absolute Gasteiger partial charge is 0.414 e. The van der Waals surface area contributed by atoms with Crippen LogP contribution in [0.2, 0.25) is 10.0 Å². The van der Waals surface area contributed by atoms with Crippen LogP contribution in [0.4, 0.5) is 10.7 Å². The molecule has 32 heavy (non-hydrogen) atoms. The molecule has 0 fully saturated rings. The Bertz CT molecular complexity index is 1270. The SMILES string of the molecule is CN(C)C(=O)Oc1c(C(Nc2ncccn2)c2cccc(Cl)c2Cl)ccc2cccnc12. The number of carbonyl (C=O) groups is 1. The average molecular weight is 468 g/mol. The number of amides is 1. The van der Waals surface area contributed by atoms with E-state index in [9.17, 15) is 4.79 Å². The zero-order chi connectivity index (χ0) is 22.7. The maximum absolute atomic E-state index is 12.5. The number of halogens is 2. The quantitative estimate of drug-likeness (QED) is 0.411. The van der Waals surface area contributed by atoms with Crippen LogP contribution in [-0.4, -0.2) is 40.0 Å². The Labute approximate surface area is 195 Å². The Morgan fingerprint density at radius 3 is 2.44 bits per heavy atom. The lowest BCUT2D eigenvalue weighted by Gasteiger charge is -2.24. The summed E-state index contributed by atoms with van der Waals surface area (Å²) in [4.78, 5) is 26.9. The van der Waals surface area contributed by atoms with Crippen molar-refractivity contribution in [2.45, 2.75) is 6.04 Å². The second-order valence-corrected chi connectivity index (χ2v) is 7.90. The van der Waals surface area contributed by atoms with Crippen LogP contribution in [-0.2, 0) is 0 Å². The van der Waals surface area contributed by atoms with Gasteiger partial charge in [0.25, 0.3) is 0 Å². The minimum atomic E-state index is -0.583. The molecule has 0 aliphatic rings. The van der Waals surface area contributed by atoms with Crippen LogP contribution in [0.3, 0.4) is 0 Å². The van der Waals surface area contributed by atoms with Gasteiger partial charge in [0.05, 0.1) is 16.1 Å². The molecule has 2 aromatic heterocycles. The summed E-state index contributed by atoms with van der Waals surface area (Å²) < 4.78 is 5.80. The summed E-state index contributed by atoms with van der Waals surface area (Å²) in [6.45, 7) is 0. The van der Waals surface area contributed by atoms with Crippen molar-refractivity contribution in [3.63, 3.8) is 0 Å². The number of nitrogens with one attached hydrogen (secondary N) is 1. The molecule has 4 aromatic rings. The molecule has 7 nitrogen and oxygen atoms in total. The third-order valence-corrected chi connectivity index (χ3v) is 5.59. The number of rotatable bonds is 5. The van der Waals surface area contributed by atoms with Crippen molar-refractivity contribution < 1.29 is 9.53 Å². The normalized spacial score (nSPS) is 11.8. The highest BCUT2D eigenvalue weighted by molar-refractivity contribution is 6.42. The minimum absolute atomic E-state index is 0.311. The molecule has 0 radical (unpaired) electrons. The van der Waals surface area contributed by atoms with E-state index in [2.05, 4.69) is 20.3 Å². The fourth-order valence-corrected chi connectivity index (χ4v) is 3.63. The summed E-state index contributed by atoms with van der Waals surface area (Å²) in [5.74, 6) is 0.686. The molecule has 0 spiro atoms. The first-order chi connectivity index (χ1) is 15.5. The van der Waals surface area contributed by atoms with E-state index >= 15 is 0 Å². The van der Waals surface area contributed by atoms with Crippen molar-refractivity contribution >= 4 is 46.1 Å². The second kappa shape index (κ2) is 9.38. The van der Waals surface area contributed by atoms with E-state index < -0.39 is 12.1 Å². The Morgan fingerprint density at radius 1 is 0.938 bits per heavy atom. The van der Waals surface area contributed by atoms with Gasteiger partial charge < -0.3 is 15.0 Å². The van der Waals surface area contributed by atoms with Crippen LogP contribution in [0, 0.1) is 0 Å². The van der Waals surface area contributed by atoms with Gasteiger partial charge in [-0.15, -0.1) is 0 Å². The summed E-state index contributed by atoms with van der Waals surface area (Å²) >= 11 is 12.9. The van der Waals surface area contributed by atoms with Crippen LogP contribution in [0.25, 0.3) is 10.9 Å². The summed E-state index contributed by atoms with van der Waals surface area (Å²) in [7, 11) is 3.23. The number of nitrogens with zero attached hydrogens (tertiary/aromatic N) is 4.